The number of methoxy groups -OCH3 is 1. The molecule has 3 aromatic rings. The molecule has 0 saturated carbocycles. The molecule has 6 nitrogen and oxygen atoms in total. The van der Waals surface area contributed by atoms with Gasteiger partial charge < -0.3 is 9.64 Å². The summed E-state index contributed by atoms with van der Waals surface area (Å²) in [5.74, 6) is 0.744. The summed E-state index contributed by atoms with van der Waals surface area (Å²) in [6, 6.07) is 18.0. The summed E-state index contributed by atoms with van der Waals surface area (Å²) >= 11 is 1.50. The van der Waals surface area contributed by atoms with Crippen molar-refractivity contribution in [1.82, 2.24) is 9.62 Å². The fourth-order valence-electron chi connectivity index (χ4n) is 3.99. The van der Waals surface area contributed by atoms with Crippen LogP contribution in [-0.2, 0) is 23.0 Å². The molecule has 1 saturated heterocycles. The summed E-state index contributed by atoms with van der Waals surface area (Å²) in [6.45, 7) is 0.955. The van der Waals surface area contributed by atoms with Crippen LogP contribution in [0, 0.1) is 0 Å². The minimum atomic E-state index is -3.64. The number of benzene rings is 2. The van der Waals surface area contributed by atoms with Crippen LogP contribution >= 0.6 is 11.3 Å². The Morgan fingerprint density at radius 3 is 2.69 bits per heavy atom. The maximum Gasteiger partial charge on any atom is 0.254 e. The van der Waals surface area contributed by atoms with Gasteiger partial charge in [0.1, 0.15) is 5.75 Å². The molecule has 1 aliphatic heterocycles. The van der Waals surface area contributed by atoms with E-state index < -0.39 is 10.0 Å². The van der Waals surface area contributed by atoms with E-state index in [-0.39, 0.29) is 23.4 Å². The molecule has 1 fully saturated rings. The quantitative estimate of drug-likeness (QED) is 0.538. The molecule has 1 amide bonds. The van der Waals surface area contributed by atoms with Gasteiger partial charge in [0, 0.05) is 29.6 Å². The van der Waals surface area contributed by atoms with Crippen LogP contribution in [0.2, 0.25) is 0 Å². The van der Waals surface area contributed by atoms with Crippen LogP contribution in [0.3, 0.4) is 0 Å². The van der Waals surface area contributed by atoms with E-state index in [0.29, 0.717) is 12.1 Å². The summed E-state index contributed by atoms with van der Waals surface area (Å²) in [4.78, 5) is 16.1. The highest BCUT2D eigenvalue weighted by atomic mass is 32.2. The van der Waals surface area contributed by atoms with Gasteiger partial charge >= 0.3 is 0 Å². The third kappa shape index (κ3) is 5.20. The number of ether oxygens (including phenoxy) is 1. The van der Waals surface area contributed by atoms with Gasteiger partial charge in [0.05, 0.1) is 12.0 Å². The number of rotatable bonds is 8. The molecule has 8 heteroatoms. The van der Waals surface area contributed by atoms with E-state index in [1.54, 1.807) is 19.2 Å². The Labute approximate surface area is 192 Å². The van der Waals surface area contributed by atoms with E-state index in [1.165, 1.54) is 23.5 Å². The van der Waals surface area contributed by atoms with Crippen molar-refractivity contribution in [2.24, 2.45) is 0 Å². The molecule has 1 atom stereocenters. The highest BCUT2D eigenvalue weighted by Crippen LogP contribution is 2.25. The van der Waals surface area contributed by atoms with Gasteiger partial charge in [-0.2, -0.15) is 0 Å². The highest BCUT2D eigenvalue weighted by Gasteiger charge is 2.29. The van der Waals surface area contributed by atoms with Gasteiger partial charge in [-0.25, -0.2) is 13.1 Å². The summed E-state index contributed by atoms with van der Waals surface area (Å²) in [7, 11) is -1.99. The fraction of sp³-hybridized carbons (Fsp3) is 0.292. The number of carbonyl (C=O) groups is 1. The molecule has 0 aliphatic carbocycles. The number of amides is 1. The number of hydrogen-bond acceptors (Lipinski definition) is 5. The molecule has 0 spiro atoms. The molecule has 2 aromatic carbocycles. The van der Waals surface area contributed by atoms with Crippen LogP contribution < -0.4 is 9.46 Å². The number of nitrogens with zero attached hydrogens (tertiary/aromatic N) is 1. The predicted octanol–water partition coefficient (Wildman–Crippen LogP) is 4.08. The molecule has 32 heavy (non-hydrogen) atoms. The van der Waals surface area contributed by atoms with Crippen LogP contribution in [0.25, 0.3) is 0 Å². The lowest BCUT2D eigenvalue weighted by molar-refractivity contribution is 0.0736. The van der Waals surface area contributed by atoms with E-state index in [2.05, 4.69) is 4.72 Å². The molecule has 168 valence electrons. The Morgan fingerprint density at radius 1 is 1.16 bits per heavy atom. The minimum absolute atomic E-state index is 0.0640. The van der Waals surface area contributed by atoms with E-state index >= 15 is 0 Å². The van der Waals surface area contributed by atoms with E-state index in [9.17, 15) is 13.2 Å². The van der Waals surface area contributed by atoms with E-state index in [4.69, 9.17) is 4.74 Å². The summed E-state index contributed by atoms with van der Waals surface area (Å²) in [5.41, 5.74) is 1.63. The van der Waals surface area contributed by atoms with Crippen molar-refractivity contribution in [3.63, 3.8) is 0 Å². The van der Waals surface area contributed by atoms with Crippen molar-refractivity contribution >= 4 is 27.3 Å². The normalized spacial score (nSPS) is 16.3. The number of sulfonamides is 1. The first kappa shape index (κ1) is 22.5. The first-order valence-electron chi connectivity index (χ1n) is 10.5. The molecule has 2 heterocycles. The molecular formula is C24H26N2O4S2. The molecular weight excluding hydrogens is 444 g/mol. The SMILES string of the molecule is COc1cccc(CC2CCCN2C(=O)c2ccc(S(=O)(=O)NCc3cccs3)cc2)c1. The molecule has 4 rings (SSSR count). The molecule has 1 unspecified atom stereocenters. The zero-order chi connectivity index (χ0) is 22.6. The van der Waals surface area contributed by atoms with Gasteiger partial charge in [-0.15, -0.1) is 11.3 Å². The largest absolute Gasteiger partial charge is 0.497 e. The van der Waals surface area contributed by atoms with Gasteiger partial charge in [0.2, 0.25) is 10.0 Å². The van der Waals surface area contributed by atoms with Crippen molar-refractivity contribution < 1.29 is 17.9 Å². The molecule has 1 aliphatic rings. The number of carbonyl (C=O) groups excluding carboxylic acids is 1. The Bertz CT molecular complexity index is 1160. The standard InChI is InChI=1S/C24H26N2O4S2/c1-30-21-7-2-5-18(16-21)15-20-6-3-13-26(20)24(27)19-9-11-23(12-10-19)32(28,29)25-17-22-8-4-14-31-22/h2,4-5,7-12,14,16,20,25H,3,6,13,15,17H2,1H3. The molecule has 1 N–H and O–H groups in total. The van der Waals surface area contributed by atoms with Gasteiger partial charge in [-0.05, 0) is 72.7 Å². The van der Waals surface area contributed by atoms with Gasteiger partial charge in [0.25, 0.3) is 5.91 Å². The van der Waals surface area contributed by atoms with Crippen molar-refractivity contribution in [3.8, 4) is 5.75 Å². The highest BCUT2D eigenvalue weighted by molar-refractivity contribution is 7.89. The molecule has 0 bridgehead atoms. The van der Waals surface area contributed by atoms with E-state index in [1.807, 2.05) is 46.7 Å². The number of likely N-dealkylation sites (tertiary alicyclic amines) is 1. The number of hydrogen-bond donors (Lipinski definition) is 1. The lowest BCUT2D eigenvalue weighted by atomic mass is 10.0. The number of thiophene rings is 1. The third-order valence-electron chi connectivity index (χ3n) is 5.67. The second-order valence-corrected chi connectivity index (χ2v) is 10.6. The maximum absolute atomic E-state index is 13.2. The lowest BCUT2D eigenvalue weighted by Crippen LogP contribution is -2.36. The third-order valence-corrected chi connectivity index (χ3v) is 7.97. The van der Waals surface area contributed by atoms with Gasteiger partial charge in [-0.3, -0.25) is 4.79 Å². The lowest BCUT2D eigenvalue weighted by Gasteiger charge is -2.25. The van der Waals surface area contributed by atoms with Crippen LogP contribution in [0.15, 0.2) is 70.9 Å². The first-order chi connectivity index (χ1) is 15.5. The zero-order valence-electron chi connectivity index (χ0n) is 17.9. The van der Waals surface area contributed by atoms with Gasteiger partial charge in [0.15, 0.2) is 0 Å². The topological polar surface area (TPSA) is 75.7 Å². The van der Waals surface area contributed by atoms with Crippen molar-refractivity contribution in [2.45, 2.75) is 36.7 Å². The second-order valence-electron chi connectivity index (χ2n) is 7.78. The van der Waals surface area contributed by atoms with Crippen LogP contribution in [0.1, 0.15) is 33.6 Å². The fourth-order valence-corrected chi connectivity index (χ4v) is 5.73. The van der Waals surface area contributed by atoms with Crippen LogP contribution in [-0.4, -0.2) is 38.9 Å². The Morgan fingerprint density at radius 2 is 1.97 bits per heavy atom. The Kier molecular flexibility index (Phi) is 6.93. The monoisotopic (exact) mass is 470 g/mol. The second kappa shape index (κ2) is 9.85. The smallest absolute Gasteiger partial charge is 0.254 e. The summed E-state index contributed by atoms with van der Waals surface area (Å²) < 4.78 is 33.0. The predicted molar refractivity (Wildman–Crippen MR) is 126 cm³/mol. The first-order valence-corrected chi connectivity index (χ1v) is 12.9. The average molecular weight is 471 g/mol. The molecule has 1 aromatic heterocycles. The Balaban J connectivity index is 1.43. The van der Waals surface area contributed by atoms with Crippen molar-refractivity contribution in [1.29, 1.82) is 0 Å². The van der Waals surface area contributed by atoms with Crippen molar-refractivity contribution in [3.05, 3.63) is 82.0 Å². The maximum atomic E-state index is 13.2. The van der Waals surface area contributed by atoms with Gasteiger partial charge in [-0.1, -0.05) is 18.2 Å². The minimum Gasteiger partial charge on any atom is -0.497 e. The molecule has 0 radical (unpaired) electrons. The van der Waals surface area contributed by atoms with Crippen LogP contribution in [0.4, 0.5) is 0 Å². The number of nitrogens with one attached hydrogen (secondary N) is 1. The Hall–Kier alpha value is -2.68. The average Bonchev–Trinajstić information content (AvgIpc) is 3.50. The van der Waals surface area contributed by atoms with E-state index in [0.717, 1.165) is 35.5 Å². The van der Waals surface area contributed by atoms with Crippen LogP contribution in [0.5, 0.6) is 5.75 Å². The van der Waals surface area contributed by atoms with Crippen molar-refractivity contribution in [2.75, 3.05) is 13.7 Å². The zero-order valence-corrected chi connectivity index (χ0v) is 19.5. The summed E-state index contributed by atoms with van der Waals surface area (Å²) in [5, 5.41) is 1.91. The summed E-state index contributed by atoms with van der Waals surface area (Å²) in [6.07, 6.45) is 2.67.